The number of rotatable bonds is 2. The molecular formula is C43H56Cl2Zr. The standard InChI is InChI=1S/C43H56.2ClH.Zr/c1-40(2,3)28-19-21-32-34(23-28)35-24-29(41(4,5)6)20-22-33(35)39(32)43(27-15-11-10-12-16-27)37-18-14-13-17-31(37)36-25-30(26-38(36)43)42(7,8)9;;;/h10-11,19-24,26-27,31,37,39H,12-18,25H2,1-9H3;2*1H;/q;;;+2/p-2. The molecule has 7 rings (SSSR count). The van der Waals surface area contributed by atoms with E-state index < -0.39 is 0 Å². The number of halogens is 2. The fourth-order valence-corrected chi connectivity index (χ4v) is 10.2. The monoisotopic (exact) mass is 732 g/mol. The van der Waals surface area contributed by atoms with Crippen molar-refractivity contribution in [3.63, 3.8) is 0 Å². The molecule has 246 valence electrons. The van der Waals surface area contributed by atoms with Crippen LogP contribution in [0.5, 0.6) is 0 Å². The van der Waals surface area contributed by atoms with Crippen LogP contribution in [0.15, 0.2) is 71.3 Å². The van der Waals surface area contributed by atoms with E-state index in [-0.39, 0.29) is 72.7 Å². The van der Waals surface area contributed by atoms with Crippen molar-refractivity contribution in [2.75, 3.05) is 0 Å². The predicted octanol–water partition coefficient (Wildman–Crippen LogP) is 6.23. The first-order valence-electron chi connectivity index (χ1n) is 17.6. The Labute approximate surface area is 312 Å². The first kappa shape index (κ1) is 37.9. The smallest absolute Gasteiger partial charge is 1.00 e. The van der Waals surface area contributed by atoms with Crippen LogP contribution in [0.3, 0.4) is 0 Å². The Morgan fingerprint density at radius 2 is 1.24 bits per heavy atom. The van der Waals surface area contributed by atoms with Crippen molar-refractivity contribution in [2.45, 2.75) is 130 Å². The Morgan fingerprint density at radius 3 is 1.74 bits per heavy atom. The summed E-state index contributed by atoms with van der Waals surface area (Å²) in [4.78, 5) is 0. The molecule has 5 aliphatic rings. The first-order valence-corrected chi connectivity index (χ1v) is 17.6. The topological polar surface area (TPSA) is 0 Å². The third-order valence-electron chi connectivity index (χ3n) is 12.5. The van der Waals surface area contributed by atoms with Crippen LogP contribution in [0.1, 0.15) is 142 Å². The van der Waals surface area contributed by atoms with E-state index in [1.165, 1.54) is 73.6 Å². The van der Waals surface area contributed by atoms with E-state index in [1.54, 1.807) is 22.3 Å². The van der Waals surface area contributed by atoms with E-state index in [2.05, 4.69) is 117 Å². The second-order valence-electron chi connectivity index (χ2n) is 18.0. The van der Waals surface area contributed by atoms with Crippen molar-refractivity contribution in [1.82, 2.24) is 0 Å². The molecule has 1 fully saturated rings. The molecule has 46 heavy (non-hydrogen) atoms. The molecule has 0 nitrogen and oxygen atoms in total. The van der Waals surface area contributed by atoms with Gasteiger partial charge in [-0.15, -0.1) is 0 Å². The van der Waals surface area contributed by atoms with Gasteiger partial charge in [-0.3, -0.25) is 0 Å². The average molecular weight is 735 g/mol. The number of hydrogen-bond donors (Lipinski definition) is 0. The number of hydrogen-bond acceptors (Lipinski definition) is 0. The Kier molecular flexibility index (Phi) is 10.8. The molecule has 0 aromatic heterocycles. The molecule has 1 saturated carbocycles. The van der Waals surface area contributed by atoms with Gasteiger partial charge in [-0.2, -0.15) is 0 Å². The van der Waals surface area contributed by atoms with Gasteiger partial charge in [0.25, 0.3) is 0 Å². The molecule has 0 heterocycles. The third kappa shape index (κ3) is 5.87. The van der Waals surface area contributed by atoms with Crippen molar-refractivity contribution < 1.29 is 51.0 Å². The Morgan fingerprint density at radius 1 is 0.674 bits per heavy atom. The minimum absolute atomic E-state index is 0. The van der Waals surface area contributed by atoms with Gasteiger partial charge in [0.2, 0.25) is 0 Å². The largest absolute Gasteiger partial charge is 2.00 e. The van der Waals surface area contributed by atoms with Crippen LogP contribution in [-0.4, -0.2) is 0 Å². The maximum atomic E-state index is 2.79. The minimum Gasteiger partial charge on any atom is -1.00 e. The fourth-order valence-electron chi connectivity index (χ4n) is 10.2. The molecule has 0 saturated heterocycles. The second-order valence-corrected chi connectivity index (χ2v) is 18.0. The summed E-state index contributed by atoms with van der Waals surface area (Å²) in [5.41, 5.74) is 15.2. The third-order valence-corrected chi connectivity index (χ3v) is 12.5. The SMILES string of the molecule is CC(C)(C)C1=CC2=C(C1)C1CCCCC1C2(C1CC=CCC1)C1c2ccc(C(C)(C)C)cc2-c2cc(C(C)(C)C)ccc21.[Cl-].[Cl-].[Zr+2]. The molecule has 0 bridgehead atoms. The average Bonchev–Trinajstić information content (AvgIpc) is 3.61. The minimum atomic E-state index is 0. The summed E-state index contributed by atoms with van der Waals surface area (Å²) in [6.07, 6.45) is 18.5. The van der Waals surface area contributed by atoms with Crippen molar-refractivity contribution in [3.8, 4) is 11.1 Å². The van der Waals surface area contributed by atoms with Gasteiger partial charge in [-0.25, -0.2) is 0 Å². The van der Waals surface area contributed by atoms with Crippen LogP contribution in [-0.2, 0) is 37.0 Å². The molecule has 2 aromatic rings. The number of benzene rings is 2. The van der Waals surface area contributed by atoms with E-state index in [0.29, 0.717) is 11.8 Å². The van der Waals surface area contributed by atoms with Crippen molar-refractivity contribution in [1.29, 1.82) is 0 Å². The molecule has 0 N–H and O–H groups in total. The van der Waals surface area contributed by atoms with E-state index in [9.17, 15) is 0 Å². The molecule has 0 aliphatic heterocycles. The van der Waals surface area contributed by atoms with Crippen molar-refractivity contribution in [3.05, 3.63) is 93.6 Å². The van der Waals surface area contributed by atoms with Gasteiger partial charge in [0, 0.05) is 11.3 Å². The molecule has 0 radical (unpaired) electrons. The van der Waals surface area contributed by atoms with Crippen LogP contribution >= 0.6 is 0 Å². The van der Waals surface area contributed by atoms with Crippen molar-refractivity contribution in [2.24, 2.45) is 28.6 Å². The summed E-state index contributed by atoms with van der Waals surface area (Å²) < 4.78 is 0. The van der Waals surface area contributed by atoms with Gasteiger partial charge in [0.15, 0.2) is 0 Å². The summed E-state index contributed by atoms with van der Waals surface area (Å²) in [5, 5.41) is 0. The second kappa shape index (κ2) is 13.1. The Bertz CT molecular complexity index is 1490. The molecule has 2 aromatic carbocycles. The van der Waals surface area contributed by atoms with E-state index in [0.717, 1.165) is 11.8 Å². The van der Waals surface area contributed by atoms with Crippen LogP contribution in [0.2, 0.25) is 0 Å². The van der Waals surface area contributed by atoms with Crippen LogP contribution < -0.4 is 24.8 Å². The molecule has 0 spiro atoms. The quantitative estimate of drug-likeness (QED) is 0.321. The van der Waals surface area contributed by atoms with Gasteiger partial charge < -0.3 is 24.8 Å². The Balaban J connectivity index is 0.00000160. The van der Waals surface area contributed by atoms with Crippen LogP contribution in [0, 0.1) is 28.6 Å². The molecule has 4 unspecified atom stereocenters. The molecule has 5 aliphatic carbocycles. The molecular weight excluding hydrogens is 679 g/mol. The fraction of sp³-hybridized carbons (Fsp3) is 0.581. The molecule has 3 heteroatoms. The van der Waals surface area contributed by atoms with Crippen molar-refractivity contribution >= 4 is 0 Å². The van der Waals surface area contributed by atoms with Gasteiger partial charge in [0.05, 0.1) is 0 Å². The predicted molar refractivity (Wildman–Crippen MR) is 185 cm³/mol. The zero-order valence-electron chi connectivity index (χ0n) is 29.9. The molecule has 0 amide bonds. The number of fused-ring (bicyclic) bond motifs is 5. The zero-order chi connectivity index (χ0) is 30.5. The number of allylic oxidation sites excluding steroid dienone is 6. The normalized spacial score (nSPS) is 27.1. The summed E-state index contributed by atoms with van der Waals surface area (Å²) >= 11 is 0. The van der Waals surface area contributed by atoms with E-state index in [4.69, 9.17) is 0 Å². The Hall–Kier alpha value is -0.877. The van der Waals surface area contributed by atoms with Gasteiger partial charge >= 0.3 is 26.2 Å². The summed E-state index contributed by atoms with van der Waals surface area (Å²) in [6, 6.07) is 15.4. The van der Waals surface area contributed by atoms with Gasteiger partial charge in [0.1, 0.15) is 0 Å². The zero-order valence-corrected chi connectivity index (χ0v) is 33.9. The van der Waals surface area contributed by atoms with Crippen LogP contribution in [0.25, 0.3) is 11.1 Å². The first-order chi connectivity index (χ1) is 20.2. The maximum absolute atomic E-state index is 2.79. The summed E-state index contributed by atoms with van der Waals surface area (Å²) in [5.74, 6) is 2.65. The maximum Gasteiger partial charge on any atom is 2.00 e. The summed E-state index contributed by atoms with van der Waals surface area (Å²) in [7, 11) is 0. The van der Waals surface area contributed by atoms with Crippen LogP contribution in [0.4, 0.5) is 0 Å². The molecule has 4 atom stereocenters. The van der Waals surface area contributed by atoms with Gasteiger partial charge in [-0.05, 0) is 111 Å². The summed E-state index contributed by atoms with van der Waals surface area (Å²) in [6.45, 7) is 21.6. The van der Waals surface area contributed by atoms with E-state index >= 15 is 0 Å². The van der Waals surface area contributed by atoms with E-state index in [1.807, 2.05) is 5.57 Å². The van der Waals surface area contributed by atoms with Gasteiger partial charge in [-0.1, -0.05) is 141 Å².